The van der Waals surface area contributed by atoms with Gasteiger partial charge in [-0.15, -0.1) is 0 Å². The molecular formula is C20H31N3O4. The highest BCUT2D eigenvalue weighted by Crippen LogP contribution is 2.49. The van der Waals surface area contributed by atoms with E-state index in [1.165, 1.54) is 0 Å². The first kappa shape index (κ1) is 19.9. The molecule has 1 saturated heterocycles. The molecule has 0 aromatic carbocycles. The molecule has 2 saturated carbocycles. The van der Waals surface area contributed by atoms with Crippen molar-refractivity contribution in [1.82, 2.24) is 10.2 Å². The van der Waals surface area contributed by atoms with Crippen molar-refractivity contribution in [2.75, 3.05) is 6.61 Å². The minimum atomic E-state index is -0.868. The highest BCUT2D eigenvalue weighted by molar-refractivity contribution is 5.88. The fourth-order valence-electron chi connectivity index (χ4n) is 4.73. The predicted molar refractivity (Wildman–Crippen MR) is 98.5 cm³/mol. The van der Waals surface area contributed by atoms with Crippen LogP contribution in [0.5, 0.6) is 0 Å². The first-order chi connectivity index (χ1) is 12.7. The molecule has 3 aliphatic rings. The zero-order valence-corrected chi connectivity index (χ0v) is 16.5. The maximum Gasteiger partial charge on any atom is 0.408 e. The number of aliphatic hydroxyl groups excluding tert-OH is 1. The van der Waals surface area contributed by atoms with Crippen LogP contribution in [0.2, 0.25) is 0 Å². The molecule has 3 rings (SSSR count). The average Bonchev–Trinajstić information content (AvgIpc) is 3.28. The van der Waals surface area contributed by atoms with E-state index in [0.717, 1.165) is 25.7 Å². The monoisotopic (exact) mass is 377 g/mol. The number of fused-ring (bicyclic) bond motifs is 1. The van der Waals surface area contributed by atoms with Crippen LogP contribution in [-0.2, 0) is 9.53 Å². The second-order valence-corrected chi connectivity index (χ2v) is 9.35. The van der Waals surface area contributed by atoms with Crippen LogP contribution in [0.3, 0.4) is 0 Å². The van der Waals surface area contributed by atoms with Crippen LogP contribution in [-0.4, -0.2) is 52.3 Å². The molecule has 7 heteroatoms. The number of nitrogens with zero attached hydrogens (tertiary/aromatic N) is 2. The number of carbonyl (C=O) groups excluding carboxylic acids is 2. The van der Waals surface area contributed by atoms with Crippen molar-refractivity contribution in [3.63, 3.8) is 0 Å². The molecule has 0 unspecified atom stereocenters. The molecule has 0 aromatic rings. The molecule has 1 heterocycles. The van der Waals surface area contributed by atoms with Crippen molar-refractivity contribution in [1.29, 1.82) is 5.26 Å². The third-order valence-corrected chi connectivity index (χ3v) is 6.19. The van der Waals surface area contributed by atoms with E-state index in [4.69, 9.17) is 4.74 Å². The summed E-state index contributed by atoms with van der Waals surface area (Å²) in [4.78, 5) is 27.7. The molecule has 0 aromatic heterocycles. The fourth-order valence-corrected chi connectivity index (χ4v) is 4.73. The number of ether oxygens (including phenoxy) is 1. The second-order valence-electron chi connectivity index (χ2n) is 9.35. The zero-order chi connectivity index (χ0) is 19.8. The number of aliphatic hydroxyl groups is 1. The van der Waals surface area contributed by atoms with Crippen LogP contribution < -0.4 is 5.32 Å². The van der Waals surface area contributed by atoms with E-state index in [9.17, 15) is 20.0 Å². The summed E-state index contributed by atoms with van der Waals surface area (Å²) in [5.74, 6) is 0.158. The summed E-state index contributed by atoms with van der Waals surface area (Å²) in [6, 6.07) is 1.03. The Kier molecular flexibility index (Phi) is 5.40. The summed E-state index contributed by atoms with van der Waals surface area (Å²) in [5.41, 5.74) is -1.37. The molecule has 4 atom stereocenters. The third kappa shape index (κ3) is 4.06. The fraction of sp³-hybridized carbons (Fsp3) is 0.850. The van der Waals surface area contributed by atoms with Gasteiger partial charge in [-0.3, -0.25) is 4.79 Å². The molecule has 150 valence electrons. The van der Waals surface area contributed by atoms with Gasteiger partial charge in [0.1, 0.15) is 17.7 Å². The number of nitrogens with one attached hydrogen (secondary N) is 1. The molecule has 27 heavy (non-hydrogen) atoms. The number of hydrogen-bond acceptors (Lipinski definition) is 5. The summed E-state index contributed by atoms with van der Waals surface area (Å²) in [6.07, 6.45) is 5.21. The van der Waals surface area contributed by atoms with E-state index in [1.54, 1.807) is 25.7 Å². The first-order valence-corrected chi connectivity index (χ1v) is 10.0. The van der Waals surface area contributed by atoms with Crippen molar-refractivity contribution in [3.05, 3.63) is 0 Å². The van der Waals surface area contributed by atoms with Crippen LogP contribution in [0, 0.1) is 22.7 Å². The molecule has 2 amide bonds. The Morgan fingerprint density at radius 1 is 1.30 bits per heavy atom. The van der Waals surface area contributed by atoms with Crippen molar-refractivity contribution in [3.8, 4) is 6.07 Å². The van der Waals surface area contributed by atoms with Gasteiger partial charge in [0.15, 0.2) is 0 Å². The van der Waals surface area contributed by atoms with Gasteiger partial charge in [0, 0.05) is 11.5 Å². The van der Waals surface area contributed by atoms with E-state index in [2.05, 4.69) is 11.4 Å². The molecule has 3 fully saturated rings. The number of nitriles is 1. The molecule has 2 N–H and O–H groups in total. The largest absolute Gasteiger partial charge is 0.444 e. The molecular weight excluding hydrogens is 346 g/mol. The molecule has 2 aliphatic carbocycles. The number of amides is 2. The Morgan fingerprint density at radius 2 is 1.96 bits per heavy atom. The second kappa shape index (κ2) is 7.31. The first-order valence-electron chi connectivity index (χ1n) is 10.0. The maximum atomic E-state index is 13.5. The van der Waals surface area contributed by atoms with Gasteiger partial charge >= 0.3 is 6.09 Å². The number of rotatable bonds is 4. The quantitative estimate of drug-likeness (QED) is 0.783. The van der Waals surface area contributed by atoms with Crippen molar-refractivity contribution < 1.29 is 19.4 Å². The third-order valence-electron chi connectivity index (χ3n) is 6.19. The minimum absolute atomic E-state index is 0.101. The average molecular weight is 377 g/mol. The van der Waals surface area contributed by atoms with Gasteiger partial charge in [0.25, 0.3) is 0 Å². The lowest BCUT2D eigenvalue weighted by molar-refractivity contribution is -0.140. The van der Waals surface area contributed by atoms with Gasteiger partial charge in [-0.1, -0.05) is 19.3 Å². The standard InChI is InChI=1S/C20H31N3O4/c1-19(2,3)27-18(26)22-16(20(12-24)7-5-4-6-8-20)17(25)23-14(11-21)9-13-10-15(13)23/h13-16,24H,4-10,12H2,1-3H3,(H,22,26)/t13-,14+,15+,16-/m1/s1. The summed E-state index contributed by atoms with van der Waals surface area (Å²) >= 11 is 0. The summed E-state index contributed by atoms with van der Waals surface area (Å²) < 4.78 is 5.38. The topological polar surface area (TPSA) is 103 Å². The molecule has 1 aliphatic heterocycles. The summed E-state index contributed by atoms with van der Waals surface area (Å²) in [7, 11) is 0. The summed E-state index contributed by atoms with van der Waals surface area (Å²) in [5, 5.41) is 22.5. The van der Waals surface area contributed by atoms with Gasteiger partial charge in [0.05, 0.1) is 12.7 Å². The van der Waals surface area contributed by atoms with E-state index in [1.807, 2.05) is 0 Å². The summed E-state index contributed by atoms with van der Waals surface area (Å²) in [6.45, 7) is 5.14. The smallest absolute Gasteiger partial charge is 0.408 e. The Bertz CT molecular complexity index is 630. The normalized spacial score (nSPS) is 30.0. The van der Waals surface area contributed by atoms with Crippen molar-refractivity contribution >= 4 is 12.0 Å². The van der Waals surface area contributed by atoms with E-state index >= 15 is 0 Å². The lowest BCUT2D eigenvalue weighted by Crippen LogP contribution is -2.60. The predicted octanol–water partition coefficient (Wildman–Crippen LogP) is 2.34. The zero-order valence-electron chi connectivity index (χ0n) is 16.5. The van der Waals surface area contributed by atoms with Crippen LogP contribution in [0.25, 0.3) is 0 Å². The van der Waals surface area contributed by atoms with Crippen LogP contribution >= 0.6 is 0 Å². The van der Waals surface area contributed by atoms with E-state index < -0.39 is 29.2 Å². The van der Waals surface area contributed by atoms with Crippen LogP contribution in [0.15, 0.2) is 0 Å². The highest BCUT2D eigenvalue weighted by atomic mass is 16.6. The minimum Gasteiger partial charge on any atom is -0.444 e. The number of piperidine rings is 1. The SMILES string of the molecule is CC(C)(C)OC(=O)N[C@H](C(=O)N1[C@H](C#N)C[C@@H]2C[C@@H]21)C1(CO)CCCCC1. The Hall–Kier alpha value is -1.81. The van der Waals surface area contributed by atoms with Crippen molar-refractivity contribution in [2.45, 2.75) is 89.4 Å². The van der Waals surface area contributed by atoms with Gasteiger partial charge in [0.2, 0.25) is 5.91 Å². The van der Waals surface area contributed by atoms with Crippen LogP contribution in [0.1, 0.15) is 65.7 Å². The Labute approximate surface area is 161 Å². The Morgan fingerprint density at radius 3 is 2.52 bits per heavy atom. The highest BCUT2D eigenvalue weighted by Gasteiger charge is 2.57. The van der Waals surface area contributed by atoms with E-state index in [-0.39, 0.29) is 18.6 Å². The Balaban J connectivity index is 1.86. The van der Waals surface area contributed by atoms with Gasteiger partial charge in [-0.2, -0.15) is 5.26 Å². The molecule has 0 bridgehead atoms. The van der Waals surface area contributed by atoms with Gasteiger partial charge < -0.3 is 20.1 Å². The molecule has 0 radical (unpaired) electrons. The lowest BCUT2D eigenvalue weighted by Gasteiger charge is -2.43. The van der Waals surface area contributed by atoms with Crippen LogP contribution in [0.4, 0.5) is 4.79 Å². The molecule has 0 spiro atoms. The maximum absolute atomic E-state index is 13.5. The number of alkyl carbamates (subject to hydrolysis) is 1. The number of carbonyl (C=O) groups is 2. The number of hydrogen-bond donors (Lipinski definition) is 2. The van der Waals surface area contributed by atoms with Crippen molar-refractivity contribution in [2.24, 2.45) is 11.3 Å². The van der Waals surface area contributed by atoms with Gasteiger partial charge in [-0.05, 0) is 52.4 Å². The number of likely N-dealkylation sites (tertiary alicyclic amines) is 1. The van der Waals surface area contributed by atoms with E-state index in [0.29, 0.717) is 25.2 Å². The van der Waals surface area contributed by atoms with Gasteiger partial charge in [-0.25, -0.2) is 4.79 Å². The lowest BCUT2D eigenvalue weighted by atomic mass is 9.69. The molecule has 7 nitrogen and oxygen atoms in total.